The van der Waals surface area contributed by atoms with Gasteiger partial charge in [0.25, 0.3) is 0 Å². The van der Waals surface area contributed by atoms with E-state index in [1.807, 2.05) is 37.7 Å². The van der Waals surface area contributed by atoms with Gasteiger partial charge in [0.1, 0.15) is 0 Å². The molecule has 0 amide bonds. The molecule has 0 N–H and O–H groups in total. The first-order valence-corrected chi connectivity index (χ1v) is 4.57. The summed E-state index contributed by atoms with van der Waals surface area (Å²) >= 11 is 6.09. The van der Waals surface area contributed by atoms with Gasteiger partial charge in [-0.1, -0.05) is 17.7 Å². The lowest BCUT2D eigenvalue weighted by molar-refractivity contribution is 0.750. The van der Waals surface area contributed by atoms with Crippen LogP contribution < -0.4 is 0 Å². The molecule has 0 aliphatic carbocycles. The topological polar surface area (TPSA) is 17.8 Å². The number of nitrogens with zero attached hydrogens (tertiary/aromatic N) is 2. The van der Waals surface area contributed by atoms with Gasteiger partial charge in [0.15, 0.2) is 0 Å². The van der Waals surface area contributed by atoms with Crippen molar-refractivity contribution in [1.82, 2.24) is 9.78 Å². The molecule has 0 fully saturated rings. The third-order valence-corrected chi connectivity index (χ3v) is 2.74. The van der Waals surface area contributed by atoms with E-state index in [0.29, 0.717) is 0 Å². The summed E-state index contributed by atoms with van der Waals surface area (Å²) in [6, 6.07) is 3.92. The van der Waals surface area contributed by atoms with Gasteiger partial charge in [-0.3, -0.25) is 4.68 Å². The summed E-state index contributed by atoms with van der Waals surface area (Å²) in [6.07, 6.45) is 0. The Labute approximate surface area is 82.1 Å². The second kappa shape index (κ2) is 2.74. The molecule has 0 saturated carbocycles. The molecule has 0 aliphatic heterocycles. The molecule has 0 aliphatic rings. The number of halogens is 1. The Bertz CT molecular complexity index is 471. The molecule has 1 aromatic heterocycles. The van der Waals surface area contributed by atoms with E-state index in [1.54, 1.807) is 0 Å². The van der Waals surface area contributed by atoms with Gasteiger partial charge >= 0.3 is 0 Å². The Morgan fingerprint density at radius 2 is 2.00 bits per heavy atom. The van der Waals surface area contributed by atoms with E-state index < -0.39 is 0 Å². The van der Waals surface area contributed by atoms with Gasteiger partial charge in [-0.25, -0.2) is 0 Å². The van der Waals surface area contributed by atoms with E-state index in [0.717, 1.165) is 21.6 Å². The lowest BCUT2D eigenvalue weighted by Gasteiger charge is -1.96. The van der Waals surface area contributed by atoms with Crippen LogP contribution >= 0.6 is 11.6 Å². The molecule has 13 heavy (non-hydrogen) atoms. The van der Waals surface area contributed by atoms with Crippen LogP contribution in [0.1, 0.15) is 11.3 Å². The molecular weight excluding hydrogens is 184 g/mol. The average molecular weight is 195 g/mol. The standard InChI is InChI=1S/C10H11ClN2/c1-6-4-5-8(11)9-7(2)13(3)12-10(6)9/h4-5H,1-3H3. The molecular formula is C10H11ClN2. The Kier molecular flexibility index (Phi) is 1.81. The first-order valence-electron chi connectivity index (χ1n) is 4.19. The Hall–Kier alpha value is -1.02. The quantitative estimate of drug-likeness (QED) is 0.631. The lowest BCUT2D eigenvalue weighted by atomic mass is 10.1. The second-order valence-corrected chi connectivity index (χ2v) is 3.70. The van der Waals surface area contributed by atoms with Crippen LogP contribution in [0.25, 0.3) is 10.9 Å². The maximum absolute atomic E-state index is 6.09. The van der Waals surface area contributed by atoms with Crippen molar-refractivity contribution in [3.05, 3.63) is 28.4 Å². The van der Waals surface area contributed by atoms with Crippen LogP contribution in [0, 0.1) is 13.8 Å². The highest BCUT2D eigenvalue weighted by atomic mass is 35.5. The summed E-state index contributed by atoms with van der Waals surface area (Å²) < 4.78 is 1.86. The van der Waals surface area contributed by atoms with E-state index in [-0.39, 0.29) is 0 Å². The highest BCUT2D eigenvalue weighted by Gasteiger charge is 2.09. The van der Waals surface area contributed by atoms with E-state index >= 15 is 0 Å². The van der Waals surface area contributed by atoms with Gasteiger partial charge in [0.05, 0.1) is 10.5 Å². The molecule has 0 unspecified atom stereocenters. The van der Waals surface area contributed by atoms with Crippen LogP contribution in [0.15, 0.2) is 12.1 Å². The van der Waals surface area contributed by atoms with Gasteiger partial charge in [0.2, 0.25) is 0 Å². The number of hydrogen-bond acceptors (Lipinski definition) is 1. The monoisotopic (exact) mass is 194 g/mol. The molecule has 0 spiro atoms. The summed E-state index contributed by atoms with van der Waals surface area (Å²) in [4.78, 5) is 0. The lowest BCUT2D eigenvalue weighted by Crippen LogP contribution is -1.91. The Balaban J connectivity index is 3.00. The maximum Gasteiger partial charge on any atom is 0.0970 e. The fourth-order valence-electron chi connectivity index (χ4n) is 1.53. The molecule has 2 rings (SSSR count). The smallest absolute Gasteiger partial charge is 0.0970 e. The van der Waals surface area contributed by atoms with Gasteiger partial charge in [-0.05, 0) is 25.5 Å². The van der Waals surface area contributed by atoms with Crippen LogP contribution in [0.3, 0.4) is 0 Å². The second-order valence-electron chi connectivity index (χ2n) is 3.30. The molecule has 1 aromatic carbocycles. The molecule has 0 saturated heterocycles. The zero-order chi connectivity index (χ0) is 9.59. The average Bonchev–Trinajstić information content (AvgIpc) is 2.38. The molecule has 0 atom stereocenters. The zero-order valence-corrected chi connectivity index (χ0v) is 8.68. The molecule has 0 bridgehead atoms. The minimum atomic E-state index is 0.784. The minimum Gasteiger partial charge on any atom is -0.272 e. The van der Waals surface area contributed by atoms with Crippen LogP contribution in [-0.4, -0.2) is 9.78 Å². The van der Waals surface area contributed by atoms with E-state index in [1.165, 1.54) is 5.56 Å². The molecule has 2 nitrogen and oxygen atoms in total. The summed E-state index contributed by atoms with van der Waals surface area (Å²) in [7, 11) is 1.94. The number of hydrogen-bond donors (Lipinski definition) is 0. The highest BCUT2D eigenvalue weighted by molar-refractivity contribution is 6.35. The first kappa shape index (κ1) is 8.57. The van der Waals surface area contributed by atoms with Crippen LogP contribution in [0.2, 0.25) is 5.02 Å². The third-order valence-electron chi connectivity index (χ3n) is 2.43. The van der Waals surface area contributed by atoms with E-state index in [9.17, 15) is 0 Å². The van der Waals surface area contributed by atoms with Crippen LogP contribution in [0.4, 0.5) is 0 Å². The number of rotatable bonds is 0. The third kappa shape index (κ3) is 1.13. The van der Waals surface area contributed by atoms with E-state index in [4.69, 9.17) is 11.6 Å². The van der Waals surface area contributed by atoms with Crippen molar-refractivity contribution in [2.45, 2.75) is 13.8 Å². The fourth-order valence-corrected chi connectivity index (χ4v) is 1.82. The van der Waals surface area contributed by atoms with Crippen molar-refractivity contribution in [2.75, 3.05) is 0 Å². The number of fused-ring (bicyclic) bond motifs is 1. The molecule has 2 aromatic rings. The van der Waals surface area contributed by atoms with Crippen LogP contribution in [-0.2, 0) is 7.05 Å². The summed E-state index contributed by atoms with van der Waals surface area (Å²) in [6.45, 7) is 4.08. The predicted molar refractivity (Wildman–Crippen MR) is 55.2 cm³/mol. The summed E-state index contributed by atoms with van der Waals surface area (Å²) in [5, 5.41) is 6.26. The number of benzene rings is 1. The van der Waals surface area contributed by atoms with Crippen molar-refractivity contribution in [2.24, 2.45) is 7.05 Å². The van der Waals surface area contributed by atoms with Gasteiger partial charge in [-0.2, -0.15) is 5.10 Å². The van der Waals surface area contributed by atoms with E-state index in [2.05, 4.69) is 5.10 Å². The zero-order valence-electron chi connectivity index (χ0n) is 7.93. The first-order chi connectivity index (χ1) is 6.11. The maximum atomic E-state index is 6.09. The summed E-state index contributed by atoms with van der Waals surface area (Å²) in [5.41, 5.74) is 3.29. The fraction of sp³-hybridized carbons (Fsp3) is 0.300. The number of aromatic nitrogens is 2. The Morgan fingerprint density at radius 1 is 1.31 bits per heavy atom. The van der Waals surface area contributed by atoms with Crippen LogP contribution in [0.5, 0.6) is 0 Å². The minimum absolute atomic E-state index is 0.784. The number of aryl methyl sites for hydroxylation is 3. The molecule has 68 valence electrons. The van der Waals surface area contributed by atoms with Gasteiger partial charge in [-0.15, -0.1) is 0 Å². The van der Waals surface area contributed by atoms with Gasteiger partial charge in [0, 0.05) is 18.1 Å². The largest absolute Gasteiger partial charge is 0.272 e. The molecule has 0 radical (unpaired) electrons. The summed E-state index contributed by atoms with van der Waals surface area (Å²) in [5.74, 6) is 0. The molecule has 3 heteroatoms. The van der Waals surface area contributed by atoms with Crippen molar-refractivity contribution in [3.8, 4) is 0 Å². The van der Waals surface area contributed by atoms with Crippen molar-refractivity contribution in [3.63, 3.8) is 0 Å². The van der Waals surface area contributed by atoms with Crippen molar-refractivity contribution in [1.29, 1.82) is 0 Å². The Morgan fingerprint density at radius 3 is 2.62 bits per heavy atom. The van der Waals surface area contributed by atoms with Crippen molar-refractivity contribution >= 4 is 22.5 Å². The molecule has 1 heterocycles. The SMILES string of the molecule is Cc1ccc(Cl)c2c(C)n(C)nc12. The predicted octanol–water partition coefficient (Wildman–Crippen LogP) is 2.84. The van der Waals surface area contributed by atoms with Crippen molar-refractivity contribution < 1.29 is 0 Å². The normalized spacial score (nSPS) is 11.1. The highest BCUT2D eigenvalue weighted by Crippen LogP contribution is 2.27. The van der Waals surface area contributed by atoms with Gasteiger partial charge < -0.3 is 0 Å².